The minimum Gasteiger partial charge on any atom is -0.387 e. The summed E-state index contributed by atoms with van der Waals surface area (Å²) in [4.78, 5) is -0.0718. The Balaban J connectivity index is 2.94. The lowest BCUT2D eigenvalue weighted by Gasteiger charge is -2.10. The summed E-state index contributed by atoms with van der Waals surface area (Å²) in [5.41, 5.74) is 1.43. The first-order valence-corrected chi connectivity index (χ1v) is 6.56. The summed E-state index contributed by atoms with van der Waals surface area (Å²) in [5, 5.41) is 4.08. The van der Waals surface area contributed by atoms with Crippen LogP contribution < -0.4 is 5.32 Å². The first kappa shape index (κ1) is 11.9. The largest absolute Gasteiger partial charge is 0.387 e. The van der Waals surface area contributed by atoms with E-state index in [1.807, 2.05) is 25.1 Å². The molecule has 0 amide bonds. The smallest absolute Gasteiger partial charge is 0.297 e. The van der Waals surface area contributed by atoms with Gasteiger partial charge in [-0.05, 0) is 18.4 Å². The third-order valence-electron chi connectivity index (χ3n) is 2.65. The fraction of sp³-hybridized carbons (Fsp3) is 0.167. The van der Waals surface area contributed by atoms with Gasteiger partial charge in [0.1, 0.15) is 4.90 Å². The Morgan fingerprint density at radius 1 is 1.18 bits per heavy atom. The third-order valence-corrected chi connectivity index (χ3v) is 3.61. The van der Waals surface area contributed by atoms with Crippen LogP contribution in [0.2, 0.25) is 0 Å². The number of rotatable bonds is 2. The quantitative estimate of drug-likeness (QED) is 0.804. The molecule has 0 aliphatic heterocycles. The molecule has 2 aromatic rings. The number of benzene rings is 2. The molecule has 0 fully saturated rings. The van der Waals surface area contributed by atoms with Gasteiger partial charge in [-0.1, -0.05) is 29.8 Å². The van der Waals surface area contributed by atoms with Crippen molar-refractivity contribution >= 4 is 26.6 Å². The van der Waals surface area contributed by atoms with Crippen LogP contribution in [0.15, 0.2) is 35.2 Å². The molecule has 0 saturated heterocycles. The number of anilines is 1. The fourth-order valence-corrected chi connectivity index (χ4v) is 2.81. The summed E-state index contributed by atoms with van der Waals surface area (Å²) in [6.45, 7) is 1.93. The molecule has 5 heteroatoms. The molecule has 0 saturated carbocycles. The van der Waals surface area contributed by atoms with E-state index >= 15 is 0 Å². The van der Waals surface area contributed by atoms with E-state index in [9.17, 15) is 13.0 Å². The second-order valence-corrected chi connectivity index (χ2v) is 5.25. The van der Waals surface area contributed by atoms with Crippen LogP contribution in [-0.4, -0.2) is 20.0 Å². The predicted molar refractivity (Wildman–Crippen MR) is 68.0 cm³/mol. The number of hydrogen-bond donors (Lipinski definition) is 2. The van der Waals surface area contributed by atoms with Crippen molar-refractivity contribution in [1.82, 2.24) is 0 Å². The van der Waals surface area contributed by atoms with Crippen molar-refractivity contribution in [3.05, 3.63) is 35.9 Å². The average Bonchev–Trinajstić information content (AvgIpc) is 2.25. The zero-order valence-electron chi connectivity index (χ0n) is 9.56. The minimum absolute atomic E-state index is 0.0718. The average molecular weight is 251 g/mol. The van der Waals surface area contributed by atoms with Gasteiger partial charge in [0, 0.05) is 12.4 Å². The van der Waals surface area contributed by atoms with E-state index in [-0.39, 0.29) is 4.90 Å². The molecule has 0 spiro atoms. The predicted octanol–water partition coefficient (Wildman–Crippen LogP) is 2.44. The van der Waals surface area contributed by atoms with Crippen LogP contribution >= 0.6 is 0 Å². The normalized spacial score (nSPS) is 11.7. The molecule has 0 aliphatic rings. The zero-order valence-corrected chi connectivity index (χ0v) is 10.4. The van der Waals surface area contributed by atoms with Crippen LogP contribution in [0.25, 0.3) is 10.8 Å². The third kappa shape index (κ3) is 2.11. The summed E-state index contributed by atoms with van der Waals surface area (Å²) in [6.07, 6.45) is 0. The van der Waals surface area contributed by atoms with Gasteiger partial charge in [0.15, 0.2) is 0 Å². The Morgan fingerprint density at radius 2 is 1.88 bits per heavy atom. The van der Waals surface area contributed by atoms with Crippen molar-refractivity contribution in [3.8, 4) is 0 Å². The number of nitrogens with one attached hydrogen (secondary N) is 1. The maximum absolute atomic E-state index is 11.4. The van der Waals surface area contributed by atoms with Crippen molar-refractivity contribution in [2.24, 2.45) is 0 Å². The molecule has 2 aromatic carbocycles. The molecule has 0 bridgehead atoms. The second kappa shape index (κ2) is 4.01. The molecule has 2 N–H and O–H groups in total. The fourth-order valence-electron chi connectivity index (χ4n) is 1.90. The van der Waals surface area contributed by atoms with Crippen molar-refractivity contribution < 1.29 is 13.0 Å². The molecule has 17 heavy (non-hydrogen) atoms. The highest BCUT2D eigenvalue weighted by Gasteiger charge is 2.18. The zero-order chi connectivity index (χ0) is 12.6. The first-order chi connectivity index (χ1) is 7.93. The molecule has 0 atom stereocenters. The van der Waals surface area contributed by atoms with Crippen LogP contribution in [0.1, 0.15) is 5.56 Å². The molecule has 0 heterocycles. The SMILES string of the molecule is CNc1ccc2cc(C)ccc2c1S(=O)(=O)O. The standard InChI is InChI=1S/C12H13NO3S/c1-8-3-5-10-9(7-8)4-6-11(13-2)12(10)17(14,15)16/h3-7,13H,1-2H3,(H,14,15,16). The summed E-state index contributed by atoms with van der Waals surface area (Å²) in [5.74, 6) is 0. The van der Waals surface area contributed by atoms with Crippen LogP contribution in [0.5, 0.6) is 0 Å². The lowest BCUT2D eigenvalue weighted by Crippen LogP contribution is -2.04. The summed E-state index contributed by atoms with van der Waals surface area (Å²) in [6, 6.07) is 8.86. The molecule has 0 radical (unpaired) electrons. The van der Waals surface area contributed by atoms with Gasteiger partial charge in [0.25, 0.3) is 10.1 Å². The van der Waals surface area contributed by atoms with Crippen LogP contribution in [0.3, 0.4) is 0 Å². The summed E-state index contributed by atoms with van der Waals surface area (Å²) in [7, 11) is -2.63. The van der Waals surface area contributed by atoms with E-state index in [4.69, 9.17) is 0 Å². The number of fused-ring (bicyclic) bond motifs is 1. The van der Waals surface area contributed by atoms with E-state index in [2.05, 4.69) is 5.32 Å². The highest BCUT2D eigenvalue weighted by atomic mass is 32.2. The Bertz CT molecular complexity index is 677. The minimum atomic E-state index is -4.25. The van der Waals surface area contributed by atoms with E-state index in [0.29, 0.717) is 11.1 Å². The highest BCUT2D eigenvalue weighted by Crippen LogP contribution is 2.30. The molecule has 0 aliphatic carbocycles. The second-order valence-electron chi connectivity index (χ2n) is 3.89. The first-order valence-electron chi connectivity index (χ1n) is 5.12. The van der Waals surface area contributed by atoms with Crippen LogP contribution in [-0.2, 0) is 10.1 Å². The Labute approximate surface area is 100 Å². The highest BCUT2D eigenvalue weighted by molar-refractivity contribution is 7.86. The van der Waals surface area contributed by atoms with Gasteiger partial charge in [-0.15, -0.1) is 0 Å². The van der Waals surface area contributed by atoms with Gasteiger partial charge in [0.2, 0.25) is 0 Å². The van der Waals surface area contributed by atoms with E-state index in [0.717, 1.165) is 10.9 Å². The monoisotopic (exact) mass is 251 g/mol. The Kier molecular flexibility index (Phi) is 2.81. The summed E-state index contributed by atoms with van der Waals surface area (Å²) >= 11 is 0. The molecular weight excluding hydrogens is 238 g/mol. The molecule has 2 rings (SSSR count). The maximum Gasteiger partial charge on any atom is 0.297 e. The lowest BCUT2D eigenvalue weighted by molar-refractivity contribution is 0.484. The van der Waals surface area contributed by atoms with Gasteiger partial charge < -0.3 is 5.32 Å². The van der Waals surface area contributed by atoms with Gasteiger partial charge in [-0.25, -0.2) is 0 Å². The van der Waals surface area contributed by atoms with Gasteiger partial charge in [0.05, 0.1) is 5.69 Å². The van der Waals surface area contributed by atoms with E-state index in [1.54, 1.807) is 19.2 Å². The topological polar surface area (TPSA) is 66.4 Å². The molecule has 0 unspecified atom stereocenters. The Morgan fingerprint density at radius 3 is 2.47 bits per heavy atom. The van der Waals surface area contributed by atoms with E-state index in [1.165, 1.54) is 0 Å². The lowest BCUT2D eigenvalue weighted by atomic mass is 10.1. The van der Waals surface area contributed by atoms with Gasteiger partial charge >= 0.3 is 0 Å². The van der Waals surface area contributed by atoms with Gasteiger partial charge in [-0.2, -0.15) is 8.42 Å². The number of hydrogen-bond acceptors (Lipinski definition) is 3. The number of aryl methyl sites for hydroxylation is 1. The van der Waals surface area contributed by atoms with Crippen LogP contribution in [0, 0.1) is 6.92 Å². The van der Waals surface area contributed by atoms with Crippen molar-refractivity contribution in [2.45, 2.75) is 11.8 Å². The van der Waals surface area contributed by atoms with Crippen molar-refractivity contribution in [1.29, 1.82) is 0 Å². The molecular formula is C12H13NO3S. The van der Waals surface area contributed by atoms with Crippen molar-refractivity contribution in [3.63, 3.8) is 0 Å². The Hall–Kier alpha value is -1.59. The molecule has 0 aromatic heterocycles. The van der Waals surface area contributed by atoms with E-state index < -0.39 is 10.1 Å². The maximum atomic E-state index is 11.4. The molecule has 90 valence electrons. The summed E-state index contributed by atoms with van der Waals surface area (Å²) < 4.78 is 32.2. The van der Waals surface area contributed by atoms with Crippen molar-refractivity contribution in [2.75, 3.05) is 12.4 Å². The van der Waals surface area contributed by atoms with Crippen LogP contribution in [0.4, 0.5) is 5.69 Å². The van der Waals surface area contributed by atoms with Gasteiger partial charge in [-0.3, -0.25) is 4.55 Å². The molecule has 4 nitrogen and oxygen atoms in total.